The average molecular weight is 170 g/mol. The molecule has 0 heterocycles. The van der Waals surface area contributed by atoms with Crippen molar-refractivity contribution in [3.8, 4) is 12.3 Å². The molecular formula is C8H10O4. The Labute approximate surface area is 70.5 Å². The summed E-state index contributed by atoms with van der Waals surface area (Å²) in [5, 5.41) is 8.53. The summed E-state index contributed by atoms with van der Waals surface area (Å²) >= 11 is 0. The standard InChI is InChI=1S/C8H10O4/c1-3-4-5-6(7(9)10)8(11)12-2/h1,6H,4-5H2,2H3,(H,9,10). The number of terminal acetylenes is 1. The van der Waals surface area contributed by atoms with Crippen molar-refractivity contribution >= 4 is 11.9 Å². The Balaban J connectivity index is 4.15. The van der Waals surface area contributed by atoms with Crippen LogP contribution in [0.3, 0.4) is 0 Å². The minimum atomic E-state index is -1.20. The third-order valence-electron chi connectivity index (χ3n) is 1.36. The highest BCUT2D eigenvalue weighted by molar-refractivity contribution is 5.93. The number of hydrogen-bond donors (Lipinski definition) is 1. The Kier molecular flexibility index (Phi) is 4.54. The fraction of sp³-hybridized carbons (Fsp3) is 0.500. The van der Waals surface area contributed by atoms with Crippen molar-refractivity contribution in [3.63, 3.8) is 0 Å². The number of carboxylic acids is 1. The van der Waals surface area contributed by atoms with Gasteiger partial charge in [0.15, 0.2) is 5.92 Å². The van der Waals surface area contributed by atoms with Crippen LogP contribution in [0.4, 0.5) is 0 Å². The van der Waals surface area contributed by atoms with Crippen molar-refractivity contribution < 1.29 is 19.4 Å². The van der Waals surface area contributed by atoms with E-state index in [1.165, 1.54) is 0 Å². The van der Waals surface area contributed by atoms with Gasteiger partial charge in [-0.05, 0) is 6.42 Å². The first kappa shape index (κ1) is 10.5. The lowest BCUT2D eigenvalue weighted by molar-refractivity contribution is -0.156. The van der Waals surface area contributed by atoms with Gasteiger partial charge in [-0.2, -0.15) is 0 Å². The van der Waals surface area contributed by atoms with Gasteiger partial charge in [0.25, 0.3) is 0 Å². The number of rotatable bonds is 4. The van der Waals surface area contributed by atoms with Crippen molar-refractivity contribution in [1.29, 1.82) is 0 Å². The van der Waals surface area contributed by atoms with E-state index >= 15 is 0 Å². The number of carbonyl (C=O) groups is 2. The maximum Gasteiger partial charge on any atom is 0.320 e. The van der Waals surface area contributed by atoms with Gasteiger partial charge >= 0.3 is 11.9 Å². The molecule has 0 saturated heterocycles. The van der Waals surface area contributed by atoms with E-state index in [1.54, 1.807) is 0 Å². The molecule has 0 saturated carbocycles. The number of ether oxygens (including phenoxy) is 1. The summed E-state index contributed by atoms with van der Waals surface area (Å²) in [5.41, 5.74) is 0. The quantitative estimate of drug-likeness (QED) is 0.374. The van der Waals surface area contributed by atoms with E-state index in [2.05, 4.69) is 10.7 Å². The number of carboxylic acid groups (broad SMARTS) is 1. The molecule has 0 aromatic carbocycles. The van der Waals surface area contributed by atoms with E-state index in [4.69, 9.17) is 11.5 Å². The number of aliphatic carboxylic acids is 1. The maximum absolute atomic E-state index is 10.8. The number of esters is 1. The summed E-state index contributed by atoms with van der Waals surface area (Å²) in [7, 11) is 1.15. The summed E-state index contributed by atoms with van der Waals surface area (Å²) in [5.74, 6) is -0.822. The molecular weight excluding hydrogens is 160 g/mol. The van der Waals surface area contributed by atoms with Gasteiger partial charge < -0.3 is 9.84 Å². The Hall–Kier alpha value is -1.50. The molecule has 0 spiro atoms. The second kappa shape index (κ2) is 5.19. The molecule has 0 rings (SSSR count). The van der Waals surface area contributed by atoms with Crippen LogP contribution in [0.1, 0.15) is 12.8 Å². The smallest absolute Gasteiger partial charge is 0.320 e. The third kappa shape index (κ3) is 3.06. The van der Waals surface area contributed by atoms with Crippen LogP contribution in [0.2, 0.25) is 0 Å². The number of hydrogen-bond acceptors (Lipinski definition) is 3. The zero-order chi connectivity index (χ0) is 9.56. The molecule has 0 fully saturated rings. The summed E-state index contributed by atoms with van der Waals surface area (Å²) in [6.45, 7) is 0. The Morgan fingerprint density at radius 1 is 1.67 bits per heavy atom. The van der Waals surface area contributed by atoms with Crippen molar-refractivity contribution in [1.82, 2.24) is 0 Å². The highest BCUT2D eigenvalue weighted by Gasteiger charge is 2.25. The lowest BCUT2D eigenvalue weighted by atomic mass is 10.0. The van der Waals surface area contributed by atoms with Crippen LogP contribution in [-0.2, 0) is 14.3 Å². The maximum atomic E-state index is 10.8. The largest absolute Gasteiger partial charge is 0.481 e. The SMILES string of the molecule is C#CCCC(C(=O)O)C(=O)OC. The van der Waals surface area contributed by atoms with Gasteiger partial charge in [0.1, 0.15) is 0 Å². The first-order chi connectivity index (χ1) is 5.63. The fourth-order valence-electron chi connectivity index (χ4n) is 0.712. The van der Waals surface area contributed by atoms with Gasteiger partial charge in [0.2, 0.25) is 0 Å². The molecule has 1 N–H and O–H groups in total. The van der Waals surface area contributed by atoms with Crippen LogP contribution in [0.25, 0.3) is 0 Å². The zero-order valence-corrected chi connectivity index (χ0v) is 6.74. The molecule has 66 valence electrons. The first-order valence-electron chi connectivity index (χ1n) is 3.37. The molecule has 0 aliphatic rings. The molecule has 4 heteroatoms. The monoisotopic (exact) mass is 170 g/mol. The summed E-state index contributed by atoms with van der Waals surface area (Å²) < 4.78 is 4.28. The van der Waals surface area contributed by atoms with Crippen molar-refractivity contribution in [2.24, 2.45) is 5.92 Å². The summed E-state index contributed by atoms with van der Waals surface area (Å²) in [6.07, 6.45) is 5.30. The van der Waals surface area contributed by atoms with E-state index in [1.807, 2.05) is 0 Å². The molecule has 1 unspecified atom stereocenters. The van der Waals surface area contributed by atoms with Crippen molar-refractivity contribution in [2.45, 2.75) is 12.8 Å². The van der Waals surface area contributed by atoms with E-state index in [0.29, 0.717) is 0 Å². The molecule has 0 bridgehead atoms. The molecule has 0 aliphatic carbocycles. The summed E-state index contributed by atoms with van der Waals surface area (Å²) in [6, 6.07) is 0. The zero-order valence-electron chi connectivity index (χ0n) is 6.74. The lowest BCUT2D eigenvalue weighted by Gasteiger charge is -2.06. The van der Waals surface area contributed by atoms with E-state index < -0.39 is 17.9 Å². The molecule has 1 atom stereocenters. The minimum Gasteiger partial charge on any atom is -0.481 e. The second-order valence-electron chi connectivity index (χ2n) is 2.16. The van der Waals surface area contributed by atoms with Crippen molar-refractivity contribution in [3.05, 3.63) is 0 Å². The second-order valence-corrected chi connectivity index (χ2v) is 2.16. The first-order valence-corrected chi connectivity index (χ1v) is 3.37. The van der Waals surface area contributed by atoms with Crippen LogP contribution in [0.15, 0.2) is 0 Å². The molecule has 0 radical (unpaired) electrons. The minimum absolute atomic E-state index is 0.124. The normalized spacial score (nSPS) is 11.3. The van der Waals surface area contributed by atoms with Gasteiger partial charge in [0, 0.05) is 6.42 Å². The van der Waals surface area contributed by atoms with Gasteiger partial charge in [-0.25, -0.2) is 0 Å². The molecule has 12 heavy (non-hydrogen) atoms. The van der Waals surface area contributed by atoms with E-state index in [0.717, 1.165) is 7.11 Å². The van der Waals surface area contributed by atoms with Crippen LogP contribution >= 0.6 is 0 Å². The van der Waals surface area contributed by atoms with Gasteiger partial charge in [0.05, 0.1) is 7.11 Å². The predicted molar refractivity (Wildman–Crippen MR) is 41.2 cm³/mol. The highest BCUT2D eigenvalue weighted by atomic mass is 16.5. The van der Waals surface area contributed by atoms with Crippen molar-refractivity contribution in [2.75, 3.05) is 7.11 Å². The van der Waals surface area contributed by atoms with Gasteiger partial charge in [-0.1, -0.05) is 0 Å². The van der Waals surface area contributed by atoms with Crippen LogP contribution in [0, 0.1) is 18.3 Å². The predicted octanol–water partition coefficient (Wildman–Crippen LogP) is 0.274. The highest BCUT2D eigenvalue weighted by Crippen LogP contribution is 2.07. The number of carbonyl (C=O) groups excluding carboxylic acids is 1. The van der Waals surface area contributed by atoms with E-state index in [-0.39, 0.29) is 12.8 Å². The Morgan fingerprint density at radius 2 is 2.25 bits per heavy atom. The van der Waals surface area contributed by atoms with E-state index in [9.17, 15) is 9.59 Å². The topological polar surface area (TPSA) is 63.6 Å². The average Bonchev–Trinajstić information content (AvgIpc) is 2.04. The van der Waals surface area contributed by atoms with Crippen LogP contribution in [0.5, 0.6) is 0 Å². The molecule has 0 aromatic rings. The third-order valence-corrected chi connectivity index (χ3v) is 1.36. The molecule has 0 amide bonds. The lowest BCUT2D eigenvalue weighted by Crippen LogP contribution is -2.24. The Bertz CT molecular complexity index is 214. The van der Waals surface area contributed by atoms with Crippen LogP contribution < -0.4 is 0 Å². The molecule has 0 aromatic heterocycles. The Morgan fingerprint density at radius 3 is 2.58 bits per heavy atom. The molecule has 4 nitrogen and oxygen atoms in total. The fourth-order valence-corrected chi connectivity index (χ4v) is 0.712. The molecule has 0 aliphatic heterocycles. The number of methoxy groups -OCH3 is 1. The summed E-state index contributed by atoms with van der Waals surface area (Å²) in [4.78, 5) is 21.2. The van der Waals surface area contributed by atoms with Crippen LogP contribution in [-0.4, -0.2) is 24.2 Å². The van der Waals surface area contributed by atoms with Gasteiger partial charge in [-0.3, -0.25) is 9.59 Å². The van der Waals surface area contributed by atoms with Gasteiger partial charge in [-0.15, -0.1) is 12.3 Å².